The summed E-state index contributed by atoms with van der Waals surface area (Å²) in [5.41, 5.74) is 7.26. The minimum Gasteiger partial charge on any atom is -0.399 e. The van der Waals surface area contributed by atoms with Gasteiger partial charge in [-0.1, -0.05) is 18.2 Å². The first-order valence-electron chi connectivity index (χ1n) is 5.31. The Morgan fingerprint density at radius 3 is 2.56 bits per heavy atom. The van der Waals surface area contributed by atoms with E-state index >= 15 is 0 Å². The van der Waals surface area contributed by atoms with Gasteiger partial charge in [-0.05, 0) is 42.0 Å². The van der Waals surface area contributed by atoms with E-state index in [2.05, 4.69) is 11.4 Å². The van der Waals surface area contributed by atoms with Gasteiger partial charge >= 0.3 is 0 Å². The summed E-state index contributed by atoms with van der Waals surface area (Å²) in [5, 5.41) is 12.0. The van der Waals surface area contributed by atoms with Gasteiger partial charge in [-0.3, -0.25) is 0 Å². The normalized spacial score (nSPS) is 12.6. The Morgan fingerprint density at radius 2 is 1.94 bits per heavy atom. The van der Waals surface area contributed by atoms with Gasteiger partial charge in [0.2, 0.25) is 0 Å². The number of hydrogen-bond acceptors (Lipinski definition) is 3. The highest BCUT2D eigenvalue weighted by Gasteiger charge is 2.07. The number of nitrogens with two attached hydrogens (primary N) is 1. The van der Waals surface area contributed by atoms with Crippen LogP contribution in [0.4, 0.5) is 5.69 Å². The molecule has 1 aromatic heterocycles. The number of aliphatic hydroxyl groups is 1. The number of aliphatic hydroxyl groups excluding tert-OH is 1. The molecule has 0 aliphatic rings. The van der Waals surface area contributed by atoms with Crippen molar-refractivity contribution >= 4 is 17.0 Å². The molecule has 2 nitrogen and oxygen atoms in total. The molecule has 0 amide bonds. The molecule has 0 bridgehead atoms. The lowest BCUT2D eigenvalue weighted by Crippen LogP contribution is -1.99. The largest absolute Gasteiger partial charge is 0.399 e. The lowest BCUT2D eigenvalue weighted by molar-refractivity contribution is 0.168. The van der Waals surface area contributed by atoms with E-state index in [1.54, 1.807) is 11.3 Å². The highest BCUT2D eigenvalue weighted by Crippen LogP contribution is 2.21. The van der Waals surface area contributed by atoms with E-state index in [4.69, 9.17) is 5.73 Å². The average Bonchev–Trinajstić information content (AvgIpc) is 2.80. The Hall–Kier alpha value is -1.32. The van der Waals surface area contributed by atoms with Crippen LogP contribution in [0.3, 0.4) is 0 Å². The van der Waals surface area contributed by atoms with E-state index in [1.165, 1.54) is 4.88 Å². The van der Waals surface area contributed by atoms with Crippen molar-refractivity contribution in [2.45, 2.75) is 18.9 Å². The van der Waals surface area contributed by atoms with E-state index in [1.807, 2.05) is 30.3 Å². The van der Waals surface area contributed by atoms with Crippen LogP contribution < -0.4 is 5.73 Å². The van der Waals surface area contributed by atoms with Crippen LogP contribution in [0.15, 0.2) is 41.8 Å². The third kappa shape index (κ3) is 2.84. The van der Waals surface area contributed by atoms with Crippen LogP contribution in [0.1, 0.15) is 23.0 Å². The van der Waals surface area contributed by atoms with Gasteiger partial charge in [-0.2, -0.15) is 0 Å². The van der Waals surface area contributed by atoms with Crippen molar-refractivity contribution in [2.75, 3.05) is 5.73 Å². The number of anilines is 1. The second kappa shape index (κ2) is 5.14. The summed E-state index contributed by atoms with van der Waals surface area (Å²) in [6.45, 7) is 0. The average molecular weight is 233 g/mol. The fourth-order valence-electron chi connectivity index (χ4n) is 1.62. The first kappa shape index (κ1) is 11.2. The highest BCUT2D eigenvalue weighted by atomic mass is 32.1. The van der Waals surface area contributed by atoms with Gasteiger partial charge in [0.05, 0.1) is 6.10 Å². The Bertz CT molecular complexity index is 422. The molecule has 84 valence electrons. The van der Waals surface area contributed by atoms with E-state index < -0.39 is 6.10 Å². The van der Waals surface area contributed by atoms with Gasteiger partial charge in [0.15, 0.2) is 0 Å². The first-order chi connectivity index (χ1) is 7.75. The zero-order valence-electron chi connectivity index (χ0n) is 8.97. The van der Waals surface area contributed by atoms with E-state index in [9.17, 15) is 5.11 Å². The summed E-state index contributed by atoms with van der Waals surface area (Å²) >= 11 is 1.73. The summed E-state index contributed by atoms with van der Waals surface area (Å²) in [7, 11) is 0. The quantitative estimate of drug-likeness (QED) is 0.797. The molecule has 0 saturated carbocycles. The molecule has 0 radical (unpaired) electrons. The number of hydrogen-bond donors (Lipinski definition) is 2. The summed E-state index contributed by atoms with van der Waals surface area (Å²) < 4.78 is 0. The van der Waals surface area contributed by atoms with Gasteiger partial charge < -0.3 is 10.8 Å². The molecule has 1 aromatic carbocycles. The van der Waals surface area contributed by atoms with Gasteiger partial charge in [0.25, 0.3) is 0 Å². The maximum Gasteiger partial charge on any atom is 0.0793 e. The molecule has 0 spiro atoms. The molecule has 2 aromatic rings. The summed E-state index contributed by atoms with van der Waals surface area (Å²) in [4.78, 5) is 1.31. The van der Waals surface area contributed by atoms with Gasteiger partial charge in [-0.15, -0.1) is 11.3 Å². The van der Waals surface area contributed by atoms with Crippen molar-refractivity contribution in [1.29, 1.82) is 0 Å². The minimum absolute atomic E-state index is 0.400. The molecule has 1 unspecified atom stereocenters. The maximum atomic E-state index is 9.97. The van der Waals surface area contributed by atoms with Crippen molar-refractivity contribution < 1.29 is 5.11 Å². The molecule has 0 fully saturated rings. The van der Waals surface area contributed by atoms with Crippen molar-refractivity contribution in [3.05, 3.63) is 52.2 Å². The number of rotatable bonds is 4. The monoisotopic (exact) mass is 233 g/mol. The van der Waals surface area contributed by atoms with Crippen LogP contribution in [-0.2, 0) is 6.42 Å². The predicted octanol–water partition coefficient (Wildman–Crippen LogP) is 3.00. The minimum atomic E-state index is -0.400. The van der Waals surface area contributed by atoms with Crippen LogP contribution in [0.25, 0.3) is 0 Å². The second-order valence-corrected chi connectivity index (χ2v) is 4.83. The zero-order valence-corrected chi connectivity index (χ0v) is 9.78. The van der Waals surface area contributed by atoms with Crippen LogP contribution in [0.5, 0.6) is 0 Å². The van der Waals surface area contributed by atoms with E-state index in [0.717, 1.165) is 24.1 Å². The topological polar surface area (TPSA) is 46.2 Å². The van der Waals surface area contributed by atoms with Crippen LogP contribution in [0, 0.1) is 0 Å². The molecule has 16 heavy (non-hydrogen) atoms. The second-order valence-electron chi connectivity index (χ2n) is 3.80. The highest BCUT2D eigenvalue weighted by molar-refractivity contribution is 7.09. The first-order valence-corrected chi connectivity index (χ1v) is 6.19. The van der Waals surface area contributed by atoms with Crippen LogP contribution in [0.2, 0.25) is 0 Å². The number of thiophene rings is 1. The molecule has 3 N–H and O–H groups in total. The van der Waals surface area contributed by atoms with E-state index in [-0.39, 0.29) is 0 Å². The van der Waals surface area contributed by atoms with Gasteiger partial charge in [-0.25, -0.2) is 0 Å². The van der Waals surface area contributed by atoms with Crippen LogP contribution >= 0.6 is 11.3 Å². The molecule has 1 heterocycles. The molecular weight excluding hydrogens is 218 g/mol. The van der Waals surface area contributed by atoms with Gasteiger partial charge in [0.1, 0.15) is 0 Å². The van der Waals surface area contributed by atoms with Crippen molar-refractivity contribution in [1.82, 2.24) is 0 Å². The van der Waals surface area contributed by atoms with Crippen LogP contribution in [-0.4, -0.2) is 5.11 Å². The smallest absolute Gasteiger partial charge is 0.0793 e. The maximum absolute atomic E-state index is 9.97. The third-order valence-electron chi connectivity index (χ3n) is 2.57. The van der Waals surface area contributed by atoms with Crippen molar-refractivity contribution in [3.8, 4) is 0 Å². The fourth-order valence-corrected chi connectivity index (χ4v) is 2.34. The Balaban J connectivity index is 1.93. The summed E-state index contributed by atoms with van der Waals surface area (Å²) in [6.07, 6.45) is 1.27. The summed E-state index contributed by atoms with van der Waals surface area (Å²) in [6, 6.07) is 11.5. The summed E-state index contributed by atoms with van der Waals surface area (Å²) in [5.74, 6) is 0. The molecule has 1 atom stereocenters. The third-order valence-corrected chi connectivity index (χ3v) is 3.50. The van der Waals surface area contributed by atoms with Crippen molar-refractivity contribution in [2.24, 2.45) is 0 Å². The number of nitrogen functional groups attached to an aromatic ring is 1. The zero-order chi connectivity index (χ0) is 11.4. The number of aryl methyl sites for hydroxylation is 1. The lowest BCUT2D eigenvalue weighted by Gasteiger charge is -2.10. The fraction of sp³-hybridized carbons (Fsp3) is 0.231. The van der Waals surface area contributed by atoms with Gasteiger partial charge in [0, 0.05) is 10.6 Å². The Kier molecular flexibility index (Phi) is 3.59. The standard InChI is InChI=1S/C13H15NOS/c14-11-5-3-10(4-6-11)13(15)8-7-12-2-1-9-16-12/h1-6,9,13,15H,7-8,14H2. The molecule has 0 aliphatic heterocycles. The number of benzene rings is 1. The Morgan fingerprint density at radius 1 is 1.19 bits per heavy atom. The Labute approximate surface area is 99.4 Å². The molecule has 0 aliphatic carbocycles. The van der Waals surface area contributed by atoms with Crippen molar-refractivity contribution in [3.63, 3.8) is 0 Å². The van der Waals surface area contributed by atoms with E-state index in [0.29, 0.717) is 0 Å². The molecular formula is C13H15NOS. The molecule has 0 saturated heterocycles. The SMILES string of the molecule is Nc1ccc(C(O)CCc2cccs2)cc1. The molecule has 2 rings (SSSR count). The molecule has 3 heteroatoms. The predicted molar refractivity (Wildman–Crippen MR) is 68.5 cm³/mol. The lowest BCUT2D eigenvalue weighted by atomic mass is 10.0.